The van der Waals surface area contributed by atoms with Crippen molar-refractivity contribution in [2.75, 3.05) is 0 Å². The molecule has 0 aliphatic rings. The third kappa shape index (κ3) is 3.22. The normalized spacial score (nSPS) is 13.2. The first kappa shape index (κ1) is 16.7. The second kappa shape index (κ2) is 5.85. The van der Waals surface area contributed by atoms with Gasteiger partial charge in [-0.15, -0.1) is 0 Å². The molecule has 0 fully saturated rings. The molecule has 118 valence electrons. The summed E-state index contributed by atoms with van der Waals surface area (Å²) in [7, 11) is 0. The molecule has 0 radical (unpaired) electrons. The number of phenols is 2. The van der Waals surface area contributed by atoms with Crippen molar-refractivity contribution in [1.82, 2.24) is 0 Å². The van der Waals surface area contributed by atoms with Crippen molar-refractivity contribution in [3.8, 4) is 11.5 Å². The van der Waals surface area contributed by atoms with E-state index in [4.69, 9.17) is 11.6 Å². The number of benzene rings is 2. The monoisotopic (exact) mass is 318 g/mol. The van der Waals surface area contributed by atoms with Gasteiger partial charge in [-0.3, -0.25) is 0 Å². The largest absolute Gasteiger partial charge is 0.508 e. The average Bonchev–Trinajstić information content (AvgIpc) is 2.38. The van der Waals surface area contributed by atoms with Crippen LogP contribution in [0.3, 0.4) is 0 Å². The maximum absolute atomic E-state index is 9.90. The third-order valence-corrected chi connectivity index (χ3v) is 4.32. The van der Waals surface area contributed by atoms with E-state index in [0.717, 1.165) is 22.3 Å². The predicted molar refractivity (Wildman–Crippen MR) is 92.0 cm³/mol. The highest BCUT2D eigenvalue weighted by Crippen LogP contribution is 2.43. The molecule has 0 aromatic heterocycles. The molecule has 3 heteroatoms. The molecule has 0 aliphatic carbocycles. The van der Waals surface area contributed by atoms with E-state index in [1.54, 1.807) is 6.07 Å². The van der Waals surface area contributed by atoms with E-state index >= 15 is 0 Å². The maximum atomic E-state index is 9.90. The lowest BCUT2D eigenvalue weighted by atomic mass is 9.72. The summed E-state index contributed by atoms with van der Waals surface area (Å²) in [6.45, 7) is 10.3. The molecule has 2 nitrogen and oxygen atoms in total. The molecule has 0 heterocycles. The SMILES string of the molecule is Cc1cc(C(c2cc(C)c(O)c(Cl)c2)C(C)(C)C)ccc1O. The Morgan fingerprint density at radius 1 is 0.909 bits per heavy atom. The van der Waals surface area contributed by atoms with Gasteiger partial charge in [-0.1, -0.05) is 50.6 Å². The zero-order chi connectivity index (χ0) is 16.7. The first-order valence-electron chi connectivity index (χ1n) is 7.39. The zero-order valence-corrected chi connectivity index (χ0v) is 14.5. The topological polar surface area (TPSA) is 40.5 Å². The van der Waals surface area contributed by atoms with Crippen LogP contribution in [-0.4, -0.2) is 10.2 Å². The van der Waals surface area contributed by atoms with Crippen molar-refractivity contribution < 1.29 is 10.2 Å². The van der Waals surface area contributed by atoms with Gasteiger partial charge in [0, 0.05) is 5.92 Å². The standard InChI is InChI=1S/C19H23ClO2/c1-11-8-13(6-7-16(11)21)17(19(3,4)5)14-9-12(2)18(22)15(20)10-14/h6-10,17,21-22H,1-5H3. The third-order valence-electron chi connectivity index (χ3n) is 4.03. The number of halogens is 1. The summed E-state index contributed by atoms with van der Waals surface area (Å²) >= 11 is 6.17. The second-order valence-electron chi connectivity index (χ2n) is 7.01. The molecular weight excluding hydrogens is 296 g/mol. The number of hydrogen-bond acceptors (Lipinski definition) is 2. The quantitative estimate of drug-likeness (QED) is 0.762. The molecule has 0 amide bonds. The van der Waals surface area contributed by atoms with E-state index in [9.17, 15) is 10.2 Å². The van der Waals surface area contributed by atoms with Crippen LogP contribution < -0.4 is 0 Å². The van der Waals surface area contributed by atoms with Crippen LogP contribution in [0, 0.1) is 19.3 Å². The molecule has 2 N–H and O–H groups in total. The van der Waals surface area contributed by atoms with Crippen molar-refractivity contribution in [3.05, 3.63) is 57.6 Å². The molecule has 0 aliphatic heterocycles. The van der Waals surface area contributed by atoms with E-state index in [0.29, 0.717) is 10.8 Å². The van der Waals surface area contributed by atoms with Crippen molar-refractivity contribution in [2.45, 2.75) is 40.5 Å². The Kier molecular flexibility index (Phi) is 4.44. The van der Waals surface area contributed by atoms with Crippen LogP contribution >= 0.6 is 11.6 Å². The molecule has 0 spiro atoms. The van der Waals surface area contributed by atoms with Crippen molar-refractivity contribution >= 4 is 11.6 Å². The first-order valence-corrected chi connectivity index (χ1v) is 7.77. The van der Waals surface area contributed by atoms with Crippen LogP contribution in [-0.2, 0) is 0 Å². The molecule has 1 atom stereocenters. The van der Waals surface area contributed by atoms with Crippen LogP contribution in [0.1, 0.15) is 48.9 Å². The first-order chi connectivity index (χ1) is 10.1. The number of rotatable bonds is 2. The Hall–Kier alpha value is -1.67. The number of phenolic OH excluding ortho intramolecular Hbond substituents is 2. The minimum Gasteiger partial charge on any atom is -0.508 e. The van der Waals surface area contributed by atoms with Crippen molar-refractivity contribution in [1.29, 1.82) is 0 Å². The fourth-order valence-electron chi connectivity index (χ4n) is 2.98. The fraction of sp³-hybridized carbons (Fsp3) is 0.368. The van der Waals surface area contributed by atoms with Gasteiger partial charge >= 0.3 is 0 Å². The van der Waals surface area contributed by atoms with E-state index in [-0.39, 0.29) is 17.1 Å². The summed E-state index contributed by atoms with van der Waals surface area (Å²) < 4.78 is 0. The second-order valence-corrected chi connectivity index (χ2v) is 7.42. The Labute approximate surface area is 137 Å². The van der Waals surface area contributed by atoms with Crippen LogP contribution in [0.2, 0.25) is 5.02 Å². The summed E-state index contributed by atoms with van der Waals surface area (Å²) in [5.74, 6) is 0.555. The van der Waals surface area contributed by atoms with Gasteiger partial charge in [0.05, 0.1) is 5.02 Å². The lowest BCUT2D eigenvalue weighted by Gasteiger charge is -2.32. The summed E-state index contributed by atoms with van der Waals surface area (Å²) in [5.41, 5.74) is 3.79. The molecule has 0 saturated carbocycles. The highest BCUT2D eigenvalue weighted by molar-refractivity contribution is 6.32. The highest BCUT2D eigenvalue weighted by atomic mass is 35.5. The van der Waals surface area contributed by atoms with Gasteiger partial charge in [0.15, 0.2) is 0 Å². The molecule has 2 rings (SSSR count). The smallest absolute Gasteiger partial charge is 0.137 e. The molecule has 2 aromatic rings. The minimum absolute atomic E-state index is 0.0316. The van der Waals surface area contributed by atoms with Crippen molar-refractivity contribution in [2.24, 2.45) is 5.41 Å². The average molecular weight is 319 g/mol. The van der Waals surface area contributed by atoms with Crippen LogP contribution in [0.4, 0.5) is 0 Å². The lowest BCUT2D eigenvalue weighted by molar-refractivity contribution is 0.357. The summed E-state index contributed by atoms with van der Waals surface area (Å²) in [5, 5.41) is 20.0. The Bertz CT molecular complexity index is 676. The van der Waals surface area contributed by atoms with Gasteiger partial charge < -0.3 is 10.2 Å². The zero-order valence-electron chi connectivity index (χ0n) is 13.7. The van der Waals surface area contributed by atoms with Gasteiger partial charge in [0.2, 0.25) is 0 Å². The Morgan fingerprint density at radius 3 is 2.00 bits per heavy atom. The van der Waals surface area contributed by atoms with Gasteiger partial charge in [0.25, 0.3) is 0 Å². The molecule has 2 aromatic carbocycles. The molecule has 0 bridgehead atoms. The van der Waals surface area contributed by atoms with E-state index in [1.807, 2.05) is 38.1 Å². The van der Waals surface area contributed by atoms with Gasteiger partial charge in [-0.2, -0.15) is 0 Å². The highest BCUT2D eigenvalue weighted by Gasteiger charge is 2.29. The molecule has 22 heavy (non-hydrogen) atoms. The van der Waals surface area contributed by atoms with Gasteiger partial charge in [0.1, 0.15) is 11.5 Å². The molecule has 1 unspecified atom stereocenters. The Balaban J connectivity index is 2.64. The summed E-state index contributed by atoms with van der Waals surface area (Å²) in [6, 6.07) is 9.52. The predicted octanol–water partition coefficient (Wildman–Crippen LogP) is 5.55. The van der Waals surface area contributed by atoms with Gasteiger partial charge in [-0.05, 0) is 53.6 Å². The lowest BCUT2D eigenvalue weighted by Crippen LogP contribution is -2.20. The summed E-state index contributed by atoms with van der Waals surface area (Å²) in [6.07, 6.45) is 0. The number of hydrogen-bond donors (Lipinski definition) is 2. The van der Waals surface area contributed by atoms with Crippen LogP contribution in [0.5, 0.6) is 11.5 Å². The van der Waals surface area contributed by atoms with E-state index in [2.05, 4.69) is 20.8 Å². The number of aryl methyl sites for hydroxylation is 2. The molecular formula is C19H23ClO2. The molecule has 0 saturated heterocycles. The minimum atomic E-state index is -0.0316. The fourth-order valence-corrected chi connectivity index (χ4v) is 3.26. The maximum Gasteiger partial charge on any atom is 0.137 e. The van der Waals surface area contributed by atoms with Crippen LogP contribution in [0.25, 0.3) is 0 Å². The Morgan fingerprint density at radius 2 is 1.50 bits per heavy atom. The number of aromatic hydroxyl groups is 2. The van der Waals surface area contributed by atoms with E-state index < -0.39 is 0 Å². The summed E-state index contributed by atoms with van der Waals surface area (Å²) in [4.78, 5) is 0. The van der Waals surface area contributed by atoms with Crippen molar-refractivity contribution in [3.63, 3.8) is 0 Å². The van der Waals surface area contributed by atoms with Gasteiger partial charge in [-0.25, -0.2) is 0 Å². The van der Waals surface area contributed by atoms with Crippen LogP contribution in [0.15, 0.2) is 30.3 Å². The van der Waals surface area contributed by atoms with E-state index in [1.165, 1.54) is 0 Å².